The van der Waals surface area contributed by atoms with E-state index < -0.39 is 11.8 Å². The molecule has 0 fully saturated rings. The predicted molar refractivity (Wildman–Crippen MR) is 78.0 cm³/mol. The molecule has 0 spiro atoms. The van der Waals surface area contributed by atoms with Gasteiger partial charge in [-0.1, -0.05) is 12.1 Å². The SMILES string of the molecule is CCOC(=O)c1cc(N)ccc1Oc1cccc(C)c1F. The molecular formula is C16H16FNO3. The summed E-state index contributed by atoms with van der Waals surface area (Å²) in [6.45, 7) is 3.56. The first-order chi connectivity index (χ1) is 10.0. The molecule has 0 bridgehead atoms. The number of halogens is 1. The largest absolute Gasteiger partial charge is 0.462 e. The maximum atomic E-state index is 14.0. The molecule has 2 N–H and O–H groups in total. The van der Waals surface area contributed by atoms with Crippen LogP contribution in [0.15, 0.2) is 36.4 Å². The van der Waals surface area contributed by atoms with E-state index >= 15 is 0 Å². The van der Waals surface area contributed by atoms with Crippen LogP contribution >= 0.6 is 0 Å². The van der Waals surface area contributed by atoms with Gasteiger partial charge in [-0.2, -0.15) is 0 Å². The Morgan fingerprint density at radius 3 is 2.71 bits per heavy atom. The smallest absolute Gasteiger partial charge is 0.342 e. The summed E-state index contributed by atoms with van der Waals surface area (Å²) in [4.78, 5) is 11.9. The molecule has 0 atom stereocenters. The van der Waals surface area contributed by atoms with E-state index in [1.807, 2.05) is 0 Å². The van der Waals surface area contributed by atoms with Gasteiger partial charge in [-0.15, -0.1) is 0 Å². The van der Waals surface area contributed by atoms with Crippen LogP contribution in [0, 0.1) is 12.7 Å². The van der Waals surface area contributed by atoms with Gasteiger partial charge < -0.3 is 15.2 Å². The first-order valence-electron chi connectivity index (χ1n) is 6.52. The number of anilines is 1. The normalized spacial score (nSPS) is 10.2. The second-order valence-corrected chi connectivity index (χ2v) is 4.47. The van der Waals surface area contributed by atoms with Crippen molar-refractivity contribution in [3.05, 3.63) is 53.3 Å². The second-order valence-electron chi connectivity index (χ2n) is 4.47. The van der Waals surface area contributed by atoms with Gasteiger partial charge in [0, 0.05) is 5.69 Å². The van der Waals surface area contributed by atoms with Crippen molar-refractivity contribution in [2.75, 3.05) is 12.3 Å². The lowest BCUT2D eigenvalue weighted by atomic mass is 10.1. The number of esters is 1. The Bertz CT molecular complexity index is 671. The van der Waals surface area contributed by atoms with Crippen molar-refractivity contribution in [3.8, 4) is 11.5 Å². The molecule has 4 nitrogen and oxygen atoms in total. The van der Waals surface area contributed by atoms with Gasteiger partial charge in [0.25, 0.3) is 0 Å². The maximum absolute atomic E-state index is 14.0. The van der Waals surface area contributed by atoms with Gasteiger partial charge in [0.05, 0.1) is 6.61 Å². The number of hydrogen-bond acceptors (Lipinski definition) is 4. The average Bonchev–Trinajstić information content (AvgIpc) is 2.46. The number of carbonyl (C=O) groups is 1. The van der Waals surface area contributed by atoms with E-state index in [1.165, 1.54) is 18.2 Å². The first kappa shape index (κ1) is 14.8. The molecule has 0 amide bonds. The molecule has 0 unspecified atom stereocenters. The van der Waals surface area contributed by atoms with Crippen LogP contribution in [0.1, 0.15) is 22.8 Å². The highest BCUT2D eigenvalue weighted by Crippen LogP contribution is 2.30. The molecule has 5 heteroatoms. The van der Waals surface area contributed by atoms with E-state index in [2.05, 4.69) is 0 Å². The fourth-order valence-corrected chi connectivity index (χ4v) is 1.82. The van der Waals surface area contributed by atoms with Crippen molar-refractivity contribution in [3.63, 3.8) is 0 Å². The van der Waals surface area contributed by atoms with Gasteiger partial charge in [0.1, 0.15) is 11.3 Å². The third-order valence-electron chi connectivity index (χ3n) is 2.88. The molecule has 2 aromatic carbocycles. The number of hydrogen-bond donors (Lipinski definition) is 1. The van der Waals surface area contributed by atoms with Crippen molar-refractivity contribution in [1.82, 2.24) is 0 Å². The third kappa shape index (κ3) is 3.31. The van der Waals surface area contributed by atoms with Crippen molar-refractivity contribution in [1.29, 1.82) is 0 Å². The van der Waals surface area contributed by atoms with Crippen LogP contribution in [0.4, 0.5) is 10.1 Å². The molecule has 0 radical (unpaired) electrons. The monoisotopic (exact) mass is 289 g/mol. The summed E-state index contributed by atoms with van der Waals surface area (Å²) in [5.41, 5.74) is 6.69. The Kier molecular flexibility index (Phi) is 4.42. The van der Waals surface area contributed by atoms with Gasteiger partial charge in [-0.05, 0) is 43.7 Å². The van der Waals surface area contributed by atoms with Gasteiger partial charge in [0.2, 0.25) is 0 Å². The van der Waals surface area contributed by atoms with Crippen LogP contribution in [-0.2, 0) is 4.74 Å². The highest BCUT2D eigenvalue weighted by molar-refractivity contribution is 5.93. The predicted octanol–water partition coefficient (Wildman–Crippen LogP) is 3.69. The van der Waals surface area contributed by atoms with Gasteiger partial charge >= 0.3 is 5.97 Å². The molecule has 21 heavy (non-hydrogen) atoms. The molecule has 0 saturated carbocycles. The van der Waals surface area contributed by atoms with E-state index in [0.29, 0.717) is 11.3 Å². The van der Waals surface area contributed by atoms with Crippen molar-refractivity contribution < 1.29 is 18.7 Å². The Morgan fingerprint density at radius 2 is 2.00 bits per heavy atom. The third-order valence-corrected chi connectivity index (χ3v) is 2.88. The van der Waals surface area contributed by atoms with Gasteiger partial charge in [-0.3, -0.25) is 0 Å². The molecule has 0 aliphatic carbocycles. The highest BCUT2D eigenvalue weighted by Gasteiger charge is 2.16. The number of carbonyl (C=O) groups excluding carboxylic acids is 1. The summed E-state index contributed by atoms with van der Waals surface area (Å²) in [7, 11) is 0. The molecule has 110 valence electrons. The Hall–Kier alpha value is -2.56. The number of rotatable bonds is 4. The quantitative estimate of drug-likeness (QED) is 0.689. The van der Waals surface area contributed by atoms with Gasteiger partial charge in [0.15, 0.2) is 11.6 Å². The average molecular weight is 289 g/mol. The Morgan fingerprint density at radius 1 is 1.24 bits per heavy atom. The van der Waals surface area contributed by atoms with E-state index in [0.717, 1.165) is 0 Å². The number of nitrogens with two attached hydrogens (primary N) is 1. The number of ether oxygens (including phenoxy) is 2. The van der Waals surface area contributed by atoms with E-state index in [-0.39, 0.29) is 23.7 Å². The van der Waals surface area contributed by atoms with Crippen molar-refractivity contribution in [2.45, 2.75) is 13.8 Å². The molecule has 2 aromatic rings. The number of nitrogen functional groups attached to an aromatic ring is 1. The molecule has 0 aliphatic rings. The minimum absolute atomic E-state index is 0.0466. The molecule has 2 rings (SSSR count). The van der Waals surface area contributed by atoms with Crippen molar-refractivity contribution >= 4 is 11.7 Å². The zero-order chi connectivity index (χ0) is 15.4. The molecule has 0 heterocycles. The lowest BCUT2D eigenvalue weighted by Crippen LogP contribution is -2.07. The lowest BCUT2D eigenvalue weighted by Gasteiger charge is -2.12. The van der Waals surface area contributed by atoms with Gasteiger partial charge in [-0.25, -0.2) is 9.18 Å². The molecular weight excluding hydrogens is 273 g/mol. The summed E-state index contributed by atoms with van der Waals surface area (Å²) in [5, 5.41) is 0. The van der Waals surface area contributed by atoms with Crippen LogP contribution in [0.2, 0.25) is 0 Å². The Labute approximate surface area is 122 Å². The fraction of sp³-hybridized carbons (Fsp3) is 0.188. The van der Waals surface area contributed by atoms with Crippen LogP contribution in [-0.4, -0.2) is 12.6 Å². The zero-order valence-electron chi connectivity index (χ0n) is 11.9. The number of benzene rings is 2. The van der Waals surface area contributed by atoms with E-state index in [9.17, 15) is 9.18 Å². The van der Waals surface area contributed by atoms with Crippen molar-refractivity contribution in [2.24, 2.45) is 0 Å². The summed E-state index contributed by atoms with van der Waals surface area (Å²) in [6.07, 6.45) is 0. The molecule has 0 aromatic heterocycles. The van der Waals surface area contributed by atoms with Crippen LogP contribution < -0.4 is 10.5 Å². The maximum Gasteiger partial charge on any atom is 0.342 e. The van der Waals surface area contributed by atoms with Crippen LogP contribution in [0.25, 0.3) is 0 Å². The summed E-state index contributed by atoms with van der Waals surface area (Å²) >= 11 is 0. The fourth-order valence-electron chi connectivity index (χ4n) is 1.82. The molecule has 0 aliphatic heterocycles. The topological polar surface area (TPSA) is 61.5 Å². The second kappa shape index (κ2) is 6.26. The minimum Gasteiger partial charge on any atom is -0.462 e. The summed E-state index contributed by atoms with van der Waals surface area (Å²) < 4.78 is 24.4. The summed E-state index contributed by atoms with van der Waals surface area (Å²) in [6, 6.07) is 9.34. The van der Waals surface area contributed by atoms with Crippen LogP contribution in [0.5, 0.6) is 11.5 Å². The highest BCUT2D eigenvalue weighted by atomic mass is 19.1. The Balaban J connectivity index is 2.40. The minimum atomic E-state index is -0.562. The van der Waals surface area contributed by atoms with Crippen LogP contribution in [0.3, 0.4) is 0 Å². The first-order valence-corrected chi connectivity index (χ1v) is 6.52. The zero-order valence-corrected chi connectivity index (χ0v) is 11.9. The standard InChI is InChI=1S/C16H16FNO3/c1-3-20-16(19)12-9-11(18)7-8-13(12)21-14-6-4-5-10(2)15(14)17/h4-9H,3,18H2,1-2H3. The molecule has 0 saturated heterocycles. The lowest BCUT2D eigenvalue weighted by molar-refractivity contribution is 0.0523. The summed E-state index contributed by atoms with van der Waals surface area (Å²) in [5.74, 6) is -0.783. The number of aryl methyl sites for hydroxylation is 1. The van der Waals surface area contributed by atoms with E-state index in [1.54, 1.807) is 32.0 Å². The van der Waals surface area contributed by atoms with E-state index in [4.69, 9.17) is 15.2 Å².